The zero-order valence-corrected chi connectivity index (χ0v) is 24.5. The van der Waals surface area contributed by atoms with Gasteiger partial charge >= 0.3 is 11.9 Å². The summed E-state index contributed by atoms with van der Waals surface area (Å²) >= 11 is 2.28. The summed E-state index contributed by atoms with van der Waals surface area (Å²) in [5.74, 6) is -3.56. The molecule has 4 aromatic rings. The fraction of sp³-hybridized carbons (Fsp3) is 0.310. The number of rotatable bonds is 15. The molecular formula is C29H27FO10S2. The SMILES string of the molecule is COc1cc2sc(C(=O)C[C@H](C)C(=O)O)cc2cc1OCCOc1c(OC)cc2sc(C(=O)CCC(=O)O)cc2c1F. The molecule has 0 spiro atoms. The standard InChI is InChI=1S/C29H27FO10S2/c1-14(29(35)36)8-18(32)24-10-15-9-20(19(37-2)12-22(15)41-24)39-6-7-40-28-21(38-3)13-23-16(27(28)30)11-25(42-23)17(31)4-5-26(33)34/h9-14H,4-8H2,1-3H3,(H,33,34)(H,35,36)/t14-/m0/s1. The van der Waals surface area contributed by atoms with Gasteiger partial charge in [0.2, 0.25) is 0 Å². The predicted octanol–water partition coefficient (Wildman–Crippen LogP) is 6.07. The minimum absolute atomic E-state index is 0.00287. The lowest BCUT2D eigenvalue weighted by atomic mass is 10.0. The Kier molecular flexibility index (Phi) is 9.63. The Bertz CT molecular complexity index is 1670. The molecule has 2 N–H and O–H groups in total. The van der Waals surface area contributed by atoms with Gasteiger partial charge in [-0.1, -0.05) is 6.92 Å². The quantitative estimate of drug-likeness (QED) is 0.119. The second kappa shape index (κ2) is 13.2. The fourth-order valence-corrected chi connectivity index (χ4v) is 6.16. The highest BCUT2D eigenvalue weighted by Crippen LogP contribution is 2.41. The number of Topliss-reactive ketones (excluding diaryl/α,β-unsaturated/α-hetero) is 2. The Morgan fingerprint density at radius 1 is 0.810 bits per heavy atom. The molecule has 0 aliphatic rings. The van der Waals surface area contributed by atoms with Crippen molar-refractivity contribution in [2.75, 3.05) is 27.4 Å². The van der Waals surface area contributed by atoms with E-state index in [1.807, 2.05) is 0 Å². The highest BCUT2D eigenvalue weighted by atomic mass is 32.1. The van der Waals surface area contributed by atoms with Gasteiger partial charge in [-0.2, -0.15) is 0 Å². The van der Waals surface area contributed by atoms with Crippen LogP contribution in [0.4, 0.5) is 4.39 Å². The second-order valence-corrected chi connectivity index (χ2v) is 11.4. The molecule has 42 heavy (non-hydrogen) atoms. The number of benzene rings is 2. The summed E-state index contributed by atoms with van der Waals surface area (Å²) in [6.45, 7) is 1.40. The number of thiophene rings is 2. The molecule has 0 fully saturated rings. The van der Waals surface area contributed by atoms with Crippen molar-refractivity contribution in [1.82, 2.24) is 0 Å². The Hall–Kier alpha value is -4.23. The van der Waals surface area contributed by atoms with Crippen molar-refractivity contribution < 1.29 is 52.7 Å². The summed E-state index contributed by atoms with van der Waals surface area (Å²) in [4.78, 5) is 47.5. The van der Waals surface area contributed by atoms with Gasteiger partial charge in [-0.3, -0.25) is 19.2 Å². The van der Waals surface area contributed by atoms with Crippen LogP contribution in [0.5, 0.6) is 23.0 Å². The van der Waals surface area contributed by atoms with Crippen LogP contribution in [0.15, 0.2) is 30.3 Å². The van der Waals surface area contributed by atoms with Gasteiger partial charge in [0.1, 0.15) is 13.2 Å². The van der Waals surface area contributed by atoms with Gasteiger partial charge in [0.25, 0.3) is 0 Å². The molecule has 10 nitrogen and oxygen atoms in total. The largest absolute Gasteiger partial charge is 0.493 e. The summed E-state index contributed by atoms with van der Waals surface area (Å²) in [5.41, 5.74) is 0. The molecule has 2 aromatic carbocycles. The molecule has 13 heteroatoms. The molecule has 0 unspecified atom stereocenters. The Balaban J connectivity index is 1.46. The maximum atomic E-state index is 15.4. The molecule has 0 saturated heterocycles. The molecule has 1 atom stereocenters. The molecule has 0 amide bonds. The Labute approximate surface area is 247 Å². The van der Waals surface area contributed by atoms with Crippen LogP contribution in [-0.2, 0) is 9.59 Å². The highest BCUT2D eigenvalue weighted by Gasteiger charge is 2.22. The molecule has 222 valence electrons. The first-order chi connectivity index (χ1) is 20.0. The van der Waals surface area contributed by atoms with Crippen molar-refractivity contribution in [3.05, 3.63) is 45.9 Å². The fourth-order valence-electron chi connectivity index (χ4n) is 4.08. The monoisotopic (exact) mass is 618 g/mol. The van der Waals surface area contributed by atoms with Crippen molar-refractivity contribution in [3.63, 3.8) is 0 Å². The number of ketones is 2. The third-order valence-electron chi connectivity index (χ3n) is 6.32. The van der Waals surface area contributed by atoms with Crippen LogP contribution in [0, 0.1) is 11.7 Å². The number of ether oxygens (including phenoxy) is 4. The lowest BCUT2D eigenvalue weighted by molar-refractivity contribution is -0.141. The maximum absolute atomic E-state index is 15.4. The first-order valence-electron chi connectivity index (χ1n) is 12.7. The van der Waals surface area contributed by atoms with Gasteiger partial charge in [0, 0.05) is 39.8 Å². The van der Waals surface area contributed by atoms with Gasteiger partial charge in [0.05, 0.1) is 36.3 Å². The van der Waals surface area contributed by atoms with Gasteiger partial charge in [0.15, 0.2) is 40.4 Å². The van der Waals surface area contributed by atoms with Crippen LogP contribution in [0.2, 0.25) is 0 Å². The number of aliphatic carboxylic acids is 2. The van der Waals surface area contributed by atoms with Crippen LogP contribution >= 0.6 is 22.7 Å². The summed E-state index contributed by atoms with van der Waals surface area (Å²) < 4.78 is 38.9. The lowest BCUT2D eigenvalue weighted by Gasteiger charge is -2.14. The van der Waals surface area contributed by atoms with Crippen molar-refractivity contribution >= 4 is 66.4 Å². The van der Waals surface area contributed by atoms with Gasteiger partial charge in [-0.25, -0.2) is 4.39 Å². The summed E-state index contributed by atoms with van der Waals surface area (Å²) in [7, 11) is 2.83. The van der Waals surface area contributed by atoms with Crippen LogP contribution in [-0.4, -0.2) is 61.2 Å². The van der Waals surface area contributed by atoms with Gasteiger partial charge in [-0.05, 0) is 23.6 Å². The summed E-state index contributed by atoms with van der Waals surface area (Å²) in [6.07, 6.45) is -0.619. The minimum Gasteiger partial charge on any atom is -0.493 e. The summed E-state index contributed by atoms with van der Waals surface area (Å²) in [6, 6.07) is 8.03. The molecule has 0 radical (unpaired) electrons. The number of methoxy groups -OCH3 is 2. The van der Waals surface area contributed by atoms with Gasteiger partial charge < -0.3 is 29.2 Å². The first kappa shape index (κ1) is 30.7. The number of carbonyl (C=O) groups is 4. The van der Waals surface area contributed by atoms with E-state index in [1.54, 1.807) is 24.3 Å². The molecule has 0 aliphatic heterocycles. The van der Waals surface area contributed by atoms with E-state index < -0.39 is 29.5 Å². The lowest BCUT2D eigenvalue weighted by Crippen LogP contribution is -2.13. The smallest absolute Gasteiger partial charge is 0.306 e. The van der Waals surface area contributed by atoms with E-state index >= 15 is 4.39 Å². The molecule has 4 rings (SSSR count). The highest BCUT2D eigenvalue weighted by molar-refractivity contribution is 7.21. The topological polar surface area (TPSA) is 146 Å². The molecule has 0 aliphatic carbocycles. The van der Waals surface area contributed by atoms with E-state index in [-0.39, 0.29) is 60.0 Å². The van der Waals surface area contributed by atoms with Crippen LogP contribution in [0.25, 0.3) is 20.2 Å². The third kappa shape index (κ3) is 6.80. The Morgan fingerprint density at radius 2 is 1.45 bits per heavy atom. The number of carbonyl (C=O) groups excluding carboxylic acids is 2. The van der Waals surface area contributed by atoms with E-state index in [1.165, 1.54) is 38.5 Å². The number of halogens is 1. The third-order valence-corrected chi connectivity index (χ3v) is 8.58. The summed E-state index contributed by atoms with van der Waals surface area (Å²) in [5, 5.41) is 18.8. The van der Waals surface area contributed by atoms with E-state index in [2.05, 4.69) is 0 Å². The molecule has 0 saturated carbocycles. The number of carboxylic acid groups (broad SMARTS) is 2. The van der Waals surface area contributed by atoms with E-state index in [0.717, 1.165) is 16.0 Å². The van der Waals surface area contributed by atoms with Crippen molar-refractivity contribution in [2.24, 2.45) is 5.92 Å². The first-order valence-corrected chi connectivity index (χ1v) is 14.3. The van der Waals surface area contributed by atoms with Crippen molar-refractivity contribution in [3.8, 4) is 23.0 Å². The minimum atomic E-state index is -1.09. The Morgan fingerprint density at radius 3 is 2.12 bits per heavy atom. The van der Waals surface area contributed by atoms with E-state index in [4.69, 9.17) is 29.2 Å². The normalized spacial score (nSPS) is 11.8. The zero-order chi connectivity index (χ0) is 30.6. The van der Waals surface area contributed by atoms with E-state index in [0.29, 0.717) is 26.5 Å². The number of fused-ring (bicyclic) bond motifs is 2. The van der Waals surface area contributed by atoms with Crippen LogP contribution in [0.1, 0.15) is 45.5 Å². The van der Waals surface area contributed by atoms with Crippen molar-refractivity contribution in [1.29, 1.82) is 0 Å². The zero-order valence-electron chi connectivity index (χ0n) is 22.9. The molecular weight excluding hydrogens is 591 g/mol. The molecule has 0 bridgehead atoms. The van der Waals surface area contributed by atoms with Crippen LogP contribution < -0.4 is 18.9 Å². The van der Waals surface area contributed by atoms with Crippen LogP contribution in [0.3, 0.4) is 0 Å². The average Bonchev–Trinajstić information content (AvgIpc) is 3.58. The van der Waals surface area contributed by atoms with Crippen molar-refractivity contribution in [2.45, 2.75) is 26.2 Å². The van der Waals surface area contributed by atoms with Gasteiger partial charge in [-0.15, -0.1) is 22.7 Å². The molecule has 2 heterocycles. The average molecular weight is 619 g/mol. The predicted molar refractivity (Wildman–Crippen MR) is 155 cm³/mol. The number of hydrogen-bond acceptors (Lipinski definition) is 10. The maximum Gasteiger partial charge on any atom is 0.306 e. The molecule has 2 aromatic heterocycles. The number of hydrogen-bond donors (Lipinski definition) is 2. The second-order valence-electron chi connectivity index (χ2n) is 9.28. The van der Waals surface area contributed by atoms with E-state index in [9.17, 15) is 19.2 Å². The number of carboxylic acids is 2.